The third-order valence-electron chi connectivity index (χ3n) is 3.98. The highest BCUT2D eigenvalue weighted by molar-refractivity contribution is 4.93. The van der Waals surface area contributed by atoms with E-state index in [1.807, 2.05) is 0 Å². The van der Waals surface area contributed by atoms with Gasteiger partial charge in [0.25, 0.3) is 0 Å². The molecule has 0 aromatic carbocycles. The van der Waals surface area contributed by atoms with E-state index in [9.17, 15) is 35.7 Å². The van der Waals surface area contributed by atoms with Crippen molar-refractivity contribution in [2.75, 3.05) is 13.2 Å². The third kappa shape index (κ3) is 3.65. The molecule has 23 heavy (non-hydrogen) atoms. The molecule has 0 amide bonds. The minimum absolute atomic E-state index is 0.667. The lowest BCUT2D eigenvalue weighted by molar-refractivity contribution is -0.355. The summed E-state index contributed by atoms with van der Waals surface area (Å²) in [6.07, 6.45) is -15.6. The summed E-state index contributed by atoms with van der Waals surface area (Å²) in [5, 5.41) is 76.5. The highest BCUT2D eigenvalue weighted by Crippen LogP contribution is 2.28. The maximum atomic E-state index is 9.94. The molecule has 2 saturated heterocycles. The molecule has 0 spiro atoms. The predicted molar refractivity (Wildman–Crippen MR) is 68.6 cm³/mol. The zero-order chi connectivity index (χ0) is 17.3. The molecule has 11 heteroatoms. The van der Waals surface area contributed by atoms with Crippen LogP contribution in [0.1, 0.15) is 0 Å². The molecule has 2 rings (SSSR count). The third-order valence-corrected chi connectivity index (χ3v) is 3.98. The van der Waals surface area contributed by atoms with E-state index in [0.717, 1.165) is 0 Å². The number of rotatable bonds is 4. The van der Waals surface area contributed by atoms with Gasteiger partial charge in [-0.15, -0.1) is 0 Å². The monoisotopic (exact) mass is 342 g/mol. The normalized spacial score (nSPS) is 51.7. The first-order valence-electron chi connectivity index (χ1n) is 7.08. The summed E-state index contributed by atoms with van der Waals surface area (Å²) in [6.45, 7) is -1.35. The topological polar surface area (TPSA) is 190 Å². The van der Waals surface area contributed by atoms with Crippen molar-refractivity contribution in [2.24, 2.45) is 0 Å². The van der Waals surface area contributed by atoms with Gasteiger partial charge in [-0.25, -0.2) is 0 Å². The van der Waals surface area contributed by atoms with Gasteiger partial charge in [-0.2, -0.15) is 0 Å². The first kappa shape index (κ1) is 18.9. The van der Waals surface area contributed by atoms with E-state index in [2.05, 4.69) is 0 Å². The molecule has 0 aromatic heterocycles. The molecule has 2 aliphatic rings. The Hall–Kier alpha value is -0.440. The smallest absolute Gasteiger partial charge is 0.187 e. The van der Waals surface area contributed by atoms with Gasteiger partial charge in [0, 0.05) is 0 Å². The van der Waals surface area contributed by atoms with E-state index in [0.29, 0.717) is 0 Å². The largest absolute Gasteiger partial charge is 0.394 e. The summed E-state index contributed by atoms with van der Waals surface area (Å²) in [4.78, 5) is 0. The number of aliphatic hydroxyl groups is 8. The summed E-state index contributed by atoms with van der Waals surface area (Å²) < 4.78 is 15.3. The van der Waals surface area contributed by atoms with Crippen molar-refractivity contribution >= 4 is 0 Å². The van der Waals surface area contributed by atoms with E-state index in [1.54, 1.807) is 0 Å². The first-order chi connectivity index (χ1) is 10.8. The van der Waals surface area contributed by atoms with Crippen LogP contribution in [0.15, 0.2) is 0 Å². The van der Waals surface area contributed by atoms with E-state index in [4.69, 9.17) is 19.3 Å². The lowest BCUT2D eigenvalue weighted by atomic mass is 9.97. The van der Waals surface area contributed by atoms with Crippen molar-refractivity contribution in [3.05, 3.63) is 0 Å². The zero-order valence-corrected chi connectivity index (χ0v) is 12.0. The van der Waals surface area contributed by atoms with E-state index in [1.165, 1.54) is 0 Å². The van der Waals surface area contributed by atoms with Gasteiger partial charge >= 0.3 is 0 Å². The molecule has 2 aliphatic heterocycles. The average Bonchev–Trinajstić information content (AvgIpc) is 2.55. The summed E-state index contributed by atoms with van der Waals surface area (Å²) in [7, 11) is 0. The van der Waals surface area contributed by atoms with Crippen molar-refractivity contribution in [3.63, 3.8) is 0 Å². The molecule has 2 fully saturated rings. The van der Waals surface area contributed by atoms with Gasteiger partial charge in [0.15, 0.2) is 12.6 Å². The number of aliphatic hydroxyl groups excluding tert-OH is 8. The van der Waals surface area contributed by atoms with Crippen LogP contribution in [0, 0.1) is 0 Å². The van der Waals surface area contributed by atoms with Gasteiger partial charge < -0.3 is 55.1 Å². The van der Waals surface area contributed by atoms with Crippen molar-refractivity contribution in [2.45, 2.75) is 61.4 Å². The van der Waals surface area contributed by atoms with Crippen molar-refractivity contribution < 1.29 is 55.1 Å². The van der Waals surface area contributed by atoms with Crippen molar-refractivity contribution in [1.29, 1.82) is 0 Å². The van der Waals surface area contributed by atoms with Gasteiger partial charge in [-0.1, -0.05) is 0 Å². The van der Waals surface area contributed by atoms with Gasteiger partial charge in [-0.3, -0.25) is 0 Å². The standard InChI is InChI=1S/C12H22O11/c13-1-3-5(15)6(16)9(19)12(22-3)23-10-4(2-14)21-11(20)8(18)7(10)17/h3-20H,1-2H2/t3?,4?,5-,6?,7?,8+,9+,10+,11+,12+/m1/s1. The molecule has 0 aliphatic carbocycles. The fourth-order valence-corrected chi connectivity index (χ4v) is 2.57. The summed E-state index contributed by atoms with van der Waals surface area (Å²) in [5.41, 5.74) is 0. The van der Waals surface area contributed by atoms with Gasteiger partial charge in [0.2, 0.25) is 0 Å². The predicted octanol–water partition coefficient (Wildman–Crippen LogP) is -5.40. The molecule has 0 aromatic rings. The highest BCUT2D eigenvalue weighted by Gasteiger charge is 2.50. The van der Waals surface area contributed by atoms with Gasteiger partial charge in [0.1, 0.15) is 48.8 Å². The Balaban J connectivity index is 2.11. The Morgan fingerprint density at radius 1 is 0.652 bits per heavy atom. The quantitative estimate of drug-likeness (QED) is 0.243. The summed E-state index contributed by atoms with van der Waals surface area (Å²) >= 11 is 0. The minimum Gasteiger partial charge on any atom is -0.394 e. The molecule has 10 atom stereocenters. The van der Waals surface area contributed by atoms with Crippen LogP contribution in [0.3, 0.4) is 0 Å². The molecule has 136 valence electrons. The molecular weight excluding hydrogens is 320 g/mol. The lowest BCUT2D eigenvalue weighted by Crippen LogP contribution is -2.64. The second-order valence-corrected chi connectivity index (χ2v) is 5.53. The maximum Gasteiger partial charge on any atom is 0.187 e. The van der Waals surface area contributed by atoms with Crippen LogP contribution >= 0.6 is 0 Å². The van der Waals surface area contributed by atoms with Crippen LogP contribution in [0.25, 0.3) is 0 Å². The Bertz CT molecular complexity index is 378. The number of hydrogen-bond acceptors (Lipinski definition) is 11. The molecule has 0 radical (unpaired) electrons. The minimum atomic E-state index is -1.74. The first-order valence-corrected chi connectivity index (χ1v) is 7.08. The maximum absolute atomic E-state index is 9.94. The Morgan fingerprint density at radius 3 is 1.83 bits per heavy atom. The Kier molecular flexibility index (Phi) is 6.27. The van der Waals surface area contributed by atoms with Crippen LogP contribution in [0.5, 0.6) is 0 Å². The number of ether oxygens (including phenoxy) is 3. The fourth-order valence-electron chi connectivity index (χ4n) is 2.57. The van der Waals surface area contributed by atoms with Crippen LogP contribution in [0.4, 0.5) is 0 Å². The second kappa shape index (κ2) is 7.63. The Labute approximate surface area is 130 Å². The molecule has 0 saturated carbocycles. The van der Waals surface area contributed by atoms with E-state index >= 15 is 0 Å². The zero-order valence-electron chi connectivity index (χ0n) is 12.0. The Morgan fingerprint density at radius 2 is 1.26 bits per heavy atom. The van der Waals surface area contributed by atoms with Crippen LogP contribution in [0.2, 0.25) is 0 Å². The van der Waals surface area contributed by atoms with Gasteiger partial charge in [-0.05, 0) is 0 Å². The van der Waals surface area contributed by atoms with E-state index in [-0.39, 0.29) is 0 Å². The number of hydrogen-bond donors (Lipinski definition) is 8. The highest BCUT2D eigenvalue weighted by atomic mass is 16.7. The van der Waals surface area contributed by atoms with Crippen LogP contribution in [-0.4, -0.2) is 115 Å². The molecule has 0 bridgehead atoms. The van der Waals surface area contributed by atoms with Crippen LogP contribution in [-0.2, 0) is 14.2 Å². The lowest BCUT2D eigenvalue weighted by Gasteiger charge is -2.45. The van der Waals surface area contributed by atoms with Crippen molar-refractivity contribution in [3.8, 4) is 0 Å². The summed E-state index contributed by atoms with van der Waals surface area (Å²) in [6, 6.07) is 0. The second-order valence-electron chi connectivity index (χ2n) is 5.53. The molecule has 8 N–H and O–H groups in total. The fraction of sp³-hybridized carbons (Fsp3) is 1.00. The molecule has 4 unspecified atom stereocenters. The average molecular weight is 342 g/mol. The molecular formula is C12H22O11. The van der Waals surface area contributed by atoms with E-state index < -0.39 is 74.6 Å². The van der Waals surface area contributed by atoms with Gasteiger partial charge in [0.05, 0.1) is 13.2 Å². The molecule has 11 nitrogen and oxygen atoms in total. The summed E-state index contributed by atoms with van der Waals surface area (Å²) in [5.74, 6) is 0. The SMILES string of the molecule is OCC1O[C@@H](O[C@H]2C(CO)O[C@H](O)[C@@H](O)C2O)[C@@H](O)C(O)[C@@H]1O. The van der Waals surface area contributed by atoms with Crippen LogP contribution < -0.4 is 0 Å². The molecule has 2 heterocycles. The van der Waals surface area contributed by atoms with Crippen molar-refractivity contribution in [1.82, 2.24) is 0 Å².